The number of aromatic nitrogens is 2. The van der Waals surface area contributed by atoms with Gasteiger partial charge >= 0.3 is 0 Å². The van der Waals surface area contributed by atoms with Gasteiger partial charge in [0.05, 0.1) is 25.6 Å². The molecule has 1 heterocycles. The van der Waals surface area contributed by atoms with Crippen LogP contribution in [0.25, 0.3) is 11.4 Å². The van der Waals surface area contributed by atoms with Gasteiger partial charge in [-0.25, -0.2) is 8.42 Å². The van der Waals surface area contributed by atoms with Crippen LogP contribution in [0.3, 0.4) is 0 Å². The zero-order valence-corrected chi connectivity index (χ0v) is 18.3. The van der Waals surface area contributed by atoms with E-state index in [-0.39, 0.29) is 18.9 Å². The van der Waals surface area contributed by atoms with Gasteiger partial charge in [-0.3, -0.25) is 9.10 Å². The number of nitrogens with zero attached hydrogens (tertiary/aromatic N) is 3. The second-order valence-electron chi connectivity index (χ2n) is 6.78. The van der Waals surface area contributed by atoms with Gasteiger partial charge in [0, 0.05) is 5.56 Å². The Morgan fingerprint density at radius 3 is 2.42 bits per heavy atom. The molecule has 164 valence electrons. The number of benzene rings is 2. The first-order chi connectivity index (χ1) is 14.8. The van der Waals surface area contributed by atoms with Crippen molar-refractivity contribution in [3.8, 4) is 17.1 Å². The SMILES string of the molecule is CCC(C(=O)NCc1nc(-c2ccccc2)no1)N(c1ccc(OC)cc1)S(C)(=O)=O. The molecule has 0 aliphatic heterocycles. The molecule has 0 fully saturated rings. The lowest BCUT2D eigenvalue weighted by Gasteiger charge is -2.30. The Bertz CT molecular complexity index is 1110. The summed E-state index contributed by atoms with van der Waals surface area (Å²) >= 11 is 0. The summed E-state index contributed by atoms with van der Waals surface area (Å²) in [6, 6.07) is 14.8. The molecule has 3 aromatic rings. The molecule has 31 heavy (non-hydrogen) atoms. The predicted octanol–water partition coefficient (Wildman–Crippen LogP) is 2.61. The molecular formula is C21H24N4O5S. The van der Waals surface area contributed by atoms with E-state index >= 15 is 0 Å². The lowest BCUT2D eigenvalue weighted by molar-refractivity contribution is -0.122. The van der Waals surface area contributed by atoms with Gasteiger partial charge in [0.25, 0.3) is 0 Å². The highest BCUT2D eigenvalue weighted by Gasteiger charge is 2.31. The molecule has 1 amide bonds. The highest BCUT2D eigenvalue weighted by Crippen LogP contribution is 2.25. The van der Waals surface area contributed by atoms with Crippen LogP contribution in [0.1, 0.15) is 19.2 Å². The largest absolute Gasteiger partial charge is 0.497 e. The van der Waals surface area contributed by atoms with E-state index in [1.807, 2.05) is 30.3 Å². The van der Waals surface area contributed by atoms with Crippen LogP contribution in [-0.4, -0.2) is 43.9 Å². The number of hydrogen-bond acceptors (Lipinski definition) is 7. The van der Waals surface area contributed by atoms with E-state index in [1.54, 1.807) is 31.2 Å². The van der Waals surface area contributed by atoms with E-state index < -0.39 is 22.0 Å². The molecule has 9 nitrogen and oxygen atoms in total. The van der Waals surface area contributed by atoms with Crippen molar-refractivity contribution >= 4 is 21.6 Å². The summed E-state index contributed by atoms with van der Waals surface area (Å²) in [5, 5.41) is 6.61. The monoisotopic (exact) mass is 444 g/mol. The number of amides is 1. The van der Waals surface area contributed by atoms with Crippen LogP contribution < -0.4 is 14.4 Å². The van der Waals surface area contributed by atoms with Crippen LogP contribution in [-0.2, 0) is 21.4 Å². The standard InChI is InChI=1S/C21H24N4O5S/c1-4-18(25(31(3,27)28)16-10-12-17(29-2)13-11-16)21(26)22-14-19-23-20(24-30-19)15-8-6-5-7-9-15/h5-13,18H,4,14H2,1-3H3,(H,22,26). The Morgan fingerprint density at radius 2 is 1.84 bits per heavy atom. The molecule has 1 unspecified atom stereocenters. The Balaban J connectivity index is 1.75. The highest BCUT2D eigenvalue weighted by atomic mass is 32.2. The minimum Gasteiger partial charge on any atom is -0.497 e. The number of methoxy groups -OCH3 is 1. The lowest BCUT2D eigenvalue weighted by Crippen LogP contribution is -2.49. The molecule has 1 N–H and O–H groups in total. The molecule has 0 spiro atoms. The zero-order valence-electron chi connectivity index (χ0n) is 17.5. The molecule has 1 aromatic heterocycles. The van der Waals surface area contributed by atoms with E-state index in [0.29, 0.717) is 17.3 Å². The van der Waals surface area contributed by atoms with Gasteiger partial charge in [0.15, 0.2) is 0 Å². The fourth-order valence-corrected chi connectivity index (χ4v) is 4.31. The van der Waals surface area contributed by atoms with E-state index in [1.165, 1.54) is 7.11 Å². The maximum atomic E-state index is 12.9. The molecule has 10 heteroatoms. The van der Waals surface area contributed by atoms with Crippen LogP contribution in [0.15, 0.2) is 59.1 Å². The summed E-state index contributed by atoms with van der Waals surface area (Å²) in [5.41, 5.74) is 1.16. The molecule has 0 radical (unpaired) electrons. The maximum Gasteiger partial charge on any atom is 0.246 e. The van der Waals surface area contributed by atoms with E-state index in [4.69, 9.17) is 9.26 Å². The number of sulfonamides is 1. The summed E-state index contributed by atoms with van der Waals surface area (Å²) < 4.78 is 36.4. The molecule has 2 aromatic carbocycles. The molecule has 1 atom stereocenters. The second-order valence-corrected chi connectivity index (χ2v) is 8.64. The summed E-state index contributed by atoms with van der Waals surface area (Å²) in [5.74, 6) is 0.744. The van der Waals surface area contributed by atoms with Gasteiger partial charge in [-0.1, -0.05) is 42.4 Å². The maximum absolute atomic E-state index is 12.9. The van der Waals surface area contributed by atoms with Crippen molar-refractivity contribution in [1.29, 1.82) is 0 Å². The van der Waals surface area contributed by atoms with Crippen molar-refractivity contribution in [3.63, 3.8) is 0 Å². The fourth-order valence-electron chi connectivity index (χ4n) is 3.10. The Labute approximate surface area is 181 Å². The molecule has 0 saturated carbocycles. The first kappa shape index (κ1) is 22.3. The Kier molecular flexibility index (Phi) is 6.91. The van der Waals surface area contributed by atoms with E-state index in [0.717, 1.165) is 16.1 Å². The molecular weight excluding hydrogens is 420 g/mol. The van der Waals surface area contributed by atoms with Crippen molar-refractivity contribution in [2.24, 2.45) is 0 Å². The third-order valence-electron chi connectivity index (χ3n) is 4.57. The average molecular weight is 445 g/mol. The van der Waals surface area contributed by atoms with Crippen molar-refractivity contribution in [3.05, 3.63) is 60.5 Å². The molecule has 0 aliphatic carbocycles. The first-order valence-electron chi connectivity index (χ1n) is 9.62. The number of nitrogens with one attached hydrogen (secondary N) is 1. The van der Waals surface area contributed by atoms with E-state index in [2.05, 4.69) is 15.5 Å². The molecule has 0 saturated heterocycles. The van der Waals surface area contributed by atoms with Crippen molar-refractivity contribution in [2.45, 2.75) is 25.9 Å². The van der Waals surface area contributed by atoms with Crippen molar-refractivity contribution in [1.82, 2.24) is 15.5 Å². The number of carbonyl (C=O) groups is 1. The number of hydrogen-bond donors (Lipinski definition) is 1. The molecule has 3 rings (SSSR count). The van der Waals surface area contributed by atoms with Gasteiger partial charge in [-0.15, -0.1) is 0 Å². The van der Waals surface area contributed by atoms with Crippen LogP contribution in [0.4, 0.5) is 5.69 Å². The summed E-state index contributed by atoms with van der Waals surface area (Å²) in [7, 11) is -2.21. The second kappa shape index (κ2) is 9.61. The van der Waals surface area contributed by atoms with Gasteiger partial charge in [0.1, 0.15) is 11.8 Å². The summed E-state index contributed by atoms with van der Waals surface area (Å²) in [6.07, 6.45) is 1.33. The highest BCUT2D eigenvalue weighted by molar-refractivity contribution is 7.92. The minimum absolute atomic E-state index is 0.0185. The summed E-state index contributed by atoms with van der Waals surface area (Å²) in [6.45, 7) is 1.72. The fraction of sp³-hybridized carbons (Fsp3) is 0.286. The van der Waals surface area contributed by atoms with Gasteiger partial charge in [-0.2, -0.15) is 4.98 Å². The normalized spacial score (nSPS) is 12.2. The quantitative estimate of drug-likeness (QED) is 0.539. The average Bonchev–Trinajstić information content (AvgIpc) is 3.25. The van der Waals surface area contributed by atoms with Gasteiger partial charge in [0.2, 0.25) is 27.6 Å². The first-order valence-corrected chi connectivity index (χ1v) is 11.5. The third-order valence-corrected chi connectivity index (χ3v) is 5.75. The lowest BCUT2D eigenvalue weighted by atomic mass is 10.2. The Morgan fingerprint density at radius 1 is 1.16 bits per heavy atom. The van der Waals surface area contributed by atoms with Crippen LogP contribution in [0.5, 0.6) is 5.75 Å². The number of carbonyl (C=O) groups excluding carboxylic acids is 1. The minimum atomic E-state index is -3.73. The number of ether oxygens (including phenoxy) is 1. The summed E-state index contributed by atoms with van der Waals surface area (Å²) in [4.78, 5) is 17.1. The Hall–Kier alpha value is -3.40. The van der Waals surface area contributed by atoms with Gasteiger partial charge in [-0.05, 0) is 30.7 Å². The van der Waals surface area contributed by atoms with Crippen molar-refractivity contribution in [2.75, 3.05) is 17.7 Å². The third kappa shape index (κ3) is 5.40. The van der Waals surface area contributed by atoms with Crippen LogP contribution >= 0.6 is 0 Å². The van der Waals surface area contributed by atoms with Gasteiger partial charge < -0.3 is 14.6 Å². The molecule has 0 bridgehead atoms. The molecule has 0 aliphatic rings. The van der Waals surface area contributed by atoms with Crippen LogP contribution in [0.2, 0.25) is 0 Å². The number of anilines is 1. The number of rotatable bonds is 9. The van der Waals surface area contributed by atoms with Crippen LogP contribution in [0, 0.1) is 0 Å². The van der Waals surface area contributed by atoms with E-state index in [9.17, 15) is 13.2 Å². The predicted molar refractivity (Wildman–Crippen MR) is 116 cm³/mol. The van der Waals surface area contributed by atoms with Crippen molar-refractivity contribution < 1.29 is 22.5 Å². The zero-order chi connectivity index (χ0) is 22.4. The topological polar surface area (TPSA) is 115 Å². The smallest absolute Gasteiger partial charge is 0.246 e.